The van der Waals surface area contributed by atoms with Crippen molar-refractivity contribution in [3.05, 3.63) is 34.2 Å². The smallest absolute Gasteiger partial charge is 0.226 e. The highest BCUT2D eigenvalue weighted by Crippen LogP contribution is 2.19. The van der Waals surface area contributed by atoms with Crippen molar-refractivity contribution in [2.24, 2.45) is 0 Å². The van der Waals surface area contributed by atoms with Crippen molar-refractivity contribution in [3.8, 4) is 0 Å². The van der Waals surface area contributed by atoms with E-state index in [2.05, 4.69) is 33.7 Å². The third-order valence-electron chi connectivity index (χ3n) is 2.69. The van der Waals surface area contributed by atoms with Gasteiger partial charge >= 0.3 is 0 Å². The Balaban J connectivity index is 2.04. The summed E-state index contributed by atoms with van der Waals surface area (Å²) in [6.45, 7) is 3.01. The van der Waals surface area contributed by atoms with E-state index >= 15 is 0 Å². The van der Waals surface area contributed by atoms with Gasteiger partial charge in [0.2, 0.25) is 5.95 Å². The maximum atomic E-state index is 4.44. The normalized spacial score (nSPS) is 10.4. The fraction of sp³-hybridized carbons (Fsp3) is 0.385. The van der Waals surface area contributed by atoms with E-state index in [4.69, 9.17) is 0 Å². The van der Waals surface area contributed by atoms with Gasteiger partial charge in [0.15, 0.2) is 0 Å². The van der Waals surface area contributed by atoms with Crippen molar-refractivity contribution in [3.63, 3.8) is 0 Å². The van der Waals surface area contributed by atoms with Gasteiger partial charge in [-0.3, -0.25) is 0 Å². The average Bonchev–Trinajstić information content (AvgIpc) is 2.84. The van der Waals surface area contributed by atoms with E-state index < -0.39 is 0 Å². The largest absolute Gasteiger partial charge is 0.365 e. The summed E-state index contributed by atoms with van der Waals surface area (Å²) in [5.41, 5.74) is 1.41. The van der Waals surface area contributed by atoms with Gasteiger partial charge in [0.05, 0.1) is 6.54 Å². The lowest BCUT2D eigenvalue weighted by molar-refractivity contribution is 0.986. The Morgan fingerprint density at radius 1 is 1.33 bits per heavy atom. The molecule has 0 aromatic carbocycles. The number of rotatable bonds is 5. The lowest BCUT2D eigenvalue weighted by Crippen LogP contribution is -2.13. The van der Waals surface area contributed by atoms with E-state index in [9.17, 15) is 0 Å². The van der Waals surface area contributed by atoms with Crippen molar-refractivity contribution in [2.45, 2.75) is 19.9 Å². The molecule has 0 unspecified atom stereocenters. The molecule has 0 aliphatic carbocycles. The molecule has 0 aliphatic rings. The Morgan fingerprint density at radius 3 is 2.89 bits per heavy atom. The van der Waals surface area contributed by atoms with E-state index in [0.29, 0.717) is 0 Å². The first-order valence-electron chi connectivity index (χ1n) is 6.00. The number of hydrogen-bond donors (Lipinski definition) is 1. The maximum absolute atomic E-state index is 4.44. The number of nitrogens with one attached hydrogen (secondary N) is 1. The number of anilines is 2. The zero-order chi connectivity index (χ0) is 13.0. The van der Waals surface area contributed by atoms with Crippen LogP contribution in [0.15, 0.2) is 23.7 Å². The first-order chi connectivity index (χ1) is 8.70. The topological polar surface area (TPSA) is 41.1 Å². The van der Waals surface area contributed by atoms with Crippen LogP contribution in [0.3, 0.4) is 0 Å². The van der Waals surface area contributed by atoms with E-state index in [1.54, 1.807) is 17.5 Å². The van der Waals surface area contributed by atoms with Crippen LogP contribution in [0, 0.1) is 0 Å². The molecule has 0 saturated carbocycles. The Kier molecular flexibility index (Phi) is 4.15. The van der Waals surface area contributed by atoms with Gasteiger partial charge in [-0.2, -0.15) is 4.98 Å². The molecule has 0 saturated heterocycles. The second-order valence-corrected chi connectivity index (χ2v) is 5.21. The van der Waals surface area contributed by atoms with Crippen molar-refractivity contribution in [1.82, 2.24) is 9.97 Å². The monoisotopic (exact) mass is 262 g/mol. The van der Waals surface area contributed by atoms with Gasteiger partial charge < -0.3 is 10.2 Å². The summed E-state index contributed by atoms with van der Waals surface area (Å²) >= 11 is 1.79. The minimum Gasteiger partial charge on any atom is -0.365 e. The van der Waals surface area contributed by atoms with Gasteiger partial charge in [-0.05, 0) is 29.5 Å². The van der Waals surface area contributed by atoms with Crippen molar-refractivity contribution in [2.75, 3.05) is 24.3 Å². The molecule has 0 amide bonds. The molecule has 5 heteroatoms. The van der Waals surface area contributed by atoms with Crippen LogP contribution in [0.2, 0.25) is 0 Å². The lowest BCUT2D eigenvalue weighted by Gasteiger charge is -2.11. The van der Waals surface area contributed by atoms with Crippen LogP contribution in [-0.2, 0) is 13.0 Å². The summed E-state index contributed by atoms with van der Waals surface area (Å²) in [6.07, 6.45) is 2.85. The zero-order valence-electron chi connectivity index (χ0n) is 11.0. The molecule has 2 aromatic rings. The summed E-state index contributed by atoms with van der Waals surface area (Å²) in [4.78, 5) is 11.9. The average molecular weight is 262 g/mol. The van der Waals surface area contributed by atoms with Crippen molar-refractivity contribution < 1.29 is 0 Å². The Morgan fingerprint density at radius 2 is 2.17 bits per heavy atom. The molecule has 0 atom stereocenters. The molecule has 0 radical (unpaired) electrons. The molecular formula is C13H18N4S. The van der Waals surface area contributed by atoms with Gasteiger partial charge in [0.1, 0.15) is 5.82 Å². The predicted octanol–water partition coefficient (Wildman–Crippen LogP) is 2.78. The second kappa shape index (κ2) is 5.82. The van der Waals surface area contributed by atoms with Gasteiger partial charge in [-0.15, -0.1) is 11.3 Å². The number of thiophene rings is 1. The molecule has 2 aromatic heterocycles. The van der Waals surface area contributed by atoms with Gasteiger partial charge in [-0.25, -0.2) is 4.98 Å². The molecule has 0 aliphatic heterocycles. The summed E-state index contributed by atoms with van der Waals surface area (Å²) in [7, 11) is 3.88. The first-order valence-corrected chi connectivity index (χ1v) is 6.88. The third-order valence-corrected chi connectivity index (χ3v) is 3.65. The summed E-state index contributed by atoms with van der Waals surface area (Å²) in [6, 6.07) is 4.08. The number of aryl methyl sites for hydroxylation is 1. The number of nitrogens with zero attached hydrogens (tertiary/aromatic N) is 3. The van der Waals surface area contributed by atoms with E-state index in [1.807, 2.05) is 25.1 Å². The quantitative estimate of drug-likeness (QED) is 0.899. The molecule has 4 nitrogen and oxygen atoms in total. The molecule has 0 spiro atoms. The zero-order valence-corrected chi connectivity index (χ0v) is 11.8. The third kappa shape index (κ3) is 2.98. The van der Waals surface area contributed by atoms with Gasteiger partial charge in [0, 0.05) is 25.2 Å². The molecule has 96 valence electrons. The Bertz CT molecular complexity index is 507. The summed E-state index contributed by atoms with van der Waals surface area (Å²) < 4.78 is 0. The predicted molar refractivity (Wildman–Crippen MR) is 77.4 cm³/mol. The molecule has 2 rings (SSSR count). The van der Waals surface area contributed by atoms with Crippen LogP contribution in [0.5, 0.6) is 0 Å². The van der Waals surface area contributed by atoms with Crippen molar-refractivity contribution >= 4 is 23.1 Å². The van der Waals surface area contributed by atoms with Crippen molar-refractivity contribution in [1.29, 1.82) is 0 Å². The van der Waals surface area contributed by atoms with Crippen LogP contribution in [0.4, 0.5) is 11.8 Å². The van der Waals surface area contributed by atoms with Crippen LogP contribution in [0.25, 0.3) is 0 Å². The van der Waals surface area contributed by atoms with Crippen LogP contribution >= 0.6 is 11.3 Å². The Hall–Kier alpha value is -1.62. The maximum Gasteiger partial charge on any atom is 0.226 e. The SMILES string of the molecule is CCc1ccsc1CNc1ccnc(N(C)C)n1. The van der Waals surface area contributed by atoms with E-state index in [0.717, 1.165) is 24.7 Å². The molecule has 0 fully saturated rings. The highest BCUT2D eigenvalue weighted by Gasteiger charge is 2.04. The molecule has 1 N–H and O–H groups in total. The molecule has 2 heterocycles. The molecule has 0 bridgehead atoms. The first kappa shape index (κ1) is 12.8. The Labute approximate surface area is 112 Å². The van der Waals surface area contributed by atoms with Gasteiger partial charge in [-0.1, -0.05) is 6.92 Å². The fourth-order valence-corrected chi connectivity index (χ4v) is 2.59. The van der Waals surface area contributed by atoms with E-state index in [1.165, 1.54) is 10.4 Å². The molecule has 18 heavy (non-hydrogen) atoms. The van der Waals surface area contributed by atoms with Crippen LogP contribution < -0.4 is 10.2 Å². The summed E-state index contributed by atoms with van der Waals surface area (Å²) in [5.74, 6) is 1.59. The summed E-state index contributed by atoms with van der Waals surface area (Å²) in [5, 5.41) is 5.49. The number of aromatic nitrogens is 2. The fourth-order valence-electron chi connectivity index (χ4n) is 1.67. The minimum atomic E-state index is 0.724. The number of hydrogen-bond acceptors (Lipinski definition) is 5. The molecular weight excluding hydrogens is 244 g/mol. The second-order valence-electron chi connectivity index (χ2n) is 4.21. The van der Waals surface area contributed by atoms with Crippen LogP contribution in [-0.4, -0.2) is 24.1 Å². The van der Waals surface area contributed by atoms with Crippen LogP contribution in [0.1, 0.15) is 17.4 Å². The standard InChI is InChI=1S/C13H18N4S/c1-4-10-6-8-18-11(10)9-15-12-5-7-14-13(16-12)17(2)3/h5-8H,4,9H2,1-3H3,(H,14,15,16). The van der Waals surface area contributed by atoms with Gasteiger partial charge in [0.25, 0.3) is 0 Å². The van der Waals surface area contributed by atoms with E-state index in [-0.39, 0.29) is 0 Å². The highest BCUT2D eigenvalue weighted by atomic mass is 32.1. The minimum absolute atomic E-state index is 0.724. The highest BCUT2D eigenvalue weighted by molar-refractivity contribution is 7.10. The lowest BCUT2D eigenvalue weighted by atomic mass is 10.2.